The second kappa shape index (κ2) is 12.5. The minimum atomic E-state index is 0. The Kier molecular flexibility index (Phi) is 12.5. The number of hydrogen-bond donors (Lipinski definition) is 2. The average Bonchev–Trinajstić information content (AvgIpc) is 2.94. The Morgan fingerprint density at radius 2 is 1.86 bits per heavy atom. The van der Waals surface area contributed by atoms with E-state index in [0.29, 0.717) is 5.41 Å². The van der Waals surface area contributed by atoms with Crippen LogP contribution in [0.15, 0.2) is 4.99 Å². The molecule has 0 radical (unpaired) electrons. The largest absolute Gasteiger partial charge is 0.382 e. The summed E-state index contributed by atoms with van der Waals surface area (Å²) in [6.07, 6.45) is 7.72. The molecule has 1 fully saturated rings. The van der Waals surface area contributed by atoms with Gasteiger partial charge < -0.3 is 15.4 Å². The second-order valence-electron chi connectivity index (χ2n) is 5.73. The van der Waals surface area contributed by atoms with Gasteiger partial charge in [-0.25, -0.2) is 0 Å². The number of nitrogens with zero attached hydrogens (tertiary/aromatic N) is 1. The molecular weight excluding hydrogens is 377 g/mol. The first kappa shape index (κ1) is 21.0. The lowest BCUT2D eigenvalue weighted by Crippen LogP contribution is -2.39. The van der Waals surface area contributed by atoms with Crippen molar-refractivity contribution < 1.29 is 4.74 Å². The Morgan fingerprint density at radius 1 is 1.14 bits per heavy atom. The summed E-state index contributed by atoms with van der Waals surface area (Å²) in [6.45, 7) is 10.9. The molecule has 126 valence electrons. The first-order valence-corrected chi connectivity index (χ1v) is 8.36. The maximum atomic E-state index is 5.35. The third kappa shape index (κ3) is 8.24. The third-order valence-corrected chi connectivity index (χ3v) is 4.29. The van der Waals surface area contributed by atoms with Gasteiger partial charge in [0.2, 0.25) is 0 Å². The summed E-state index contributed by atoms with van der Waals surface area (Å²) in [6, 6.07) is 0. The van der Waals surface area contributed by atoms with Gasteiger partial charge in [0.05, 0.1) is 0 Å². The van der Waals surface area contributed by atoms with Gasteiger partial charge in [-0.15, -0.1) is 24.0 Å². The number of ether oxygens (including phenoxy) is 1. The molecule has 1 aliphatic rings. The van der Waals surface area contributed by atoms with E-state index >= 15 is 0 Å². The summed E-state index contributed by atoms with van der Waals surface area (Å²) in [5.41, 5.74) is 0.466. The zero-order chi connectivity index (χ0) is 14.7. The standard InChI is InChI=1S/C16H33N3O.HI/c1-4-16(10-7-8-11-16)14-19-15(17-5-2)18-12-9-13-20-6-3;/h4-14H2,1-3H3,(H2,17,18,19);1H. The minimum absolute atomic E-state index is 0. The summed E-state index contributed by atoms with van der Waals surface area (Å²) in [7, 11) is 0. The Hall–Kier alpha value is -0.0400. The molecular formula is C16H34IN3O. The molecule has 5 heteroatoms. The van der Waals surface area contributed by atoms with Gasteiger partial charge in [-0.05, 0) is 44.9 Å². The van der Waals surface area contributed by atoms with Crippen LogP contribution in [0.5, 0.6) is 0 Å². The van der Waals surface area contributed by atoms with Crippen molar-refractivity contribution in [1.82, 2.24) is 10.6 Å². The van der Waals surface area contributed by atoms with Crippen LogP contribution in [-0.4, -0.2) is 38.8 Å². The van der Waals surface area contributed by atoms with Crippen molar-refractivity contribution >= 4 is 29.9 Å². The smallest absolute Gasteiger partial charge is 0.191 e. The quantitative estimate of drug-likeness (QED) is 0.264. The fourth-order valence-corrected chi connectivity index (χ4v) is 2.86. The van der Waals surface area contributed by atoms with Crippen molar-refractivity contribution in [3.63, 3.8) is 0 Å². The van der Waals surface area contributed by atoms with Gasteiger partial charge in [0.15, 0.2) is 5.96 Å². The van der Waals surface area contributed by atoms with Gasteiger partial charge in [0.25, 0.3) is 0 Å². The summed E-state index contributed by atoms with van der Waals surface area (Å²) in [5, 5.41) is 6.74. The van der Waals surface area contributed by atoms with E-state index in [9.17, 15) is 0 Å². The Bertz CT molecular complexity index is 279. The van der Waals surface area contributed by atoms with Crippen LogP contribution in [-0.2, 0) is 4.74 Å². The molecule has 0 unspecified atom stereocenters. The van der Waals surface area contributed by atoms with Crippen LogP contribution >= 0.6 is 24.0 Å². The molecule has 4 nitrogen and oxygen atoms in total. The third-order valence-electron chi connectivity index (χ3n) is 4.29. The van der Waals surface area contributed by atoms with E-state index < -0.39 is 0 Å². The number of nitrogens with one attached hydrogen (secondary N) is 2. The maximum Gasteiger partial charge on any atom is 0.191 e. The van der Waals surface area contributed by atoms with Crippen LogP contribution < -0.4 is 10.6 Å². The van der Waals surface area contributed by atoms with Crippen molar-refractivity contribution in [3.8, 4) is 0 Å². The van der Waals surface area contributed by atoms with Crippen molar-refractivity contribution in [2.75, 3.05) is 32.8 Å². The van der Waals surface area contributed by atoms with Crippen molar-refractivity contribution in [2.24, 2.45) is 10.4 Å². The van der Waals surface area contributed by atoms with Gasteiger partial charge in [-0.2, -0.15) is 0 Å². The van der Waals surface area contributed by atoms with Crippen LogP contribution in [0, 0.1) is 5.41 Å². The first-order valence-electron chi connectivity index (χ1n) is 8.36. The highest BCUT2D eigenvalue weighted by Gasteiger charge is 2.31. The molecule has 0 aromatic heterocycles. The molecule has 0 bridgehead atoms. The average molecular weight is 411 g/mol. The van der Waals surface area contributed by atoms with Crippen LogP contribution in [0.1, 0.15) is 59.3 Å². The van der Waals surface area contributed by atoms with Crippen LogP contribution in [0.3, 0.4) is 0 Å². The molecule has 1 saturated carbocycles. The molecule has 0 aromatic rings. The maximum absolute atomic E-state index is 5.35. The van der Waals surface area contributed by atoms with Gasteiger partial charge in [0, 0.05) is 32.8 Å². The minimum Gasteiger partial charge on any atom is -0.382 e. The Morgan fingerprint density at radius 3 is 2.43 bits per heavy atom. The summed E-state index contributed by atoms with van der Waals surface area (Å²) >= 11 is 0. The summed E-state index contributed by atoms with van der Waals surface area (Å²) in [4.78, 5) is 4.81. The Balaban J connectivity index is 0.00000400. The first-order chi connectivity index (χ1) is 9.76. The van der Waals surface area contributed by atoms with E-state index in [-0.39, 0.29) is 24.0 Å². The monoisotopic (exact) mass is 411 g/mol. The molecule has 0 saturated heterocycles. The zero-order valence-electron chi connectivity index (χ0n) is 14.0. The number of halogens is 1. The van der Waals surface area contributed by atoms with Crippen molar-refractivity contribution in [2.45, 2.75) is 59.3 Å². The molecule has 0 atom stereocenters. The van der Waals surface area contributed by atoms with E-state index in [1.807, 2.05) is 6.92 Å². The molecule has 0 aliphatic heterocycles. The van der Waals surface area contributed by atoms with Gasteiger partial charge >= 0.3 is 0 Å². The number of guanidine groups is 1. The van der Waals surface area contributed by atoms with E-state index in [0.717, 1.165) is 45.2 Å². The molecule has 1 rings (SSSR count). The summed E-state index contributed by atoms with van der Waals surface area (Å²) in [5.74, 6) is 0.962. The molecule has 0 heterocycles. The molecule has 1 aliphatic carbocycles. The van der Waals surface area contributed by atoms with Crippen LogP contribution in [0.25, 0.3) is 0 Å². The van der Waals surface area contributed by atoms with E-state index in [2.05, 4.69) is 24.5 Å². The molecule has 0 amide bonds. The fraction of sp³-hybridized carbons (Fsp3) is 0.938. The highest BCUT2D eigenvalue weighted by Crippen LogP contribution is 2.41. The molecule has 0 spiro atoms. The lowest BCUT2D eigenvalue weighted by molar-refractivity contribution is 0.145. The molecule has 21 heavy (non-hydrogen) atoms. The molecule has 0 aromatic carbocycles. The number of aliphatic imine (C=N–C) groups is 1. The Labute approximate surface area is 147 Å². The van der Waals surface area contributed by atoms with Gasteiger partial charge in [-0.3, -0.25) is 4.99 Å². The second-order valence-corrected chi connectivity index (χ2v) is 5.73. The normalized spacial score (nSPS) is 17.4. The lowest BCUT2D eigenvalue weighted by atomic mass is 9.84. The zero-order valence-corrected chi connectivity index (χ0v) is 16.4. The highest BCUT2D eigenvalue weighted by atomic mass is 127. The van der Waals surface area contributed by atoms with E-state index in [4.69, 9.17) is 9.73 Å². The predicted octanol–water partition coefficient (Wildman–Crippen LogP) is 3.56. The topological polar surface area (TPSA) is 45.7 Å². The van der Waals surface area contributed by atoms with E-state index in [1.54, 1.807) is 0 Å². The summed E-state index contributed by atoms with van der Waals surface area (Å²) < 4.78 is 5.35. The van der Waals surface area contributed by atoms with Crippen molar-refractivity contribution in [1.29, 1.82) is 0 Å². The number of rotatable bonds is 9. The van der Waals surface area contributed by atoms with Crippen LogP contribution in [0.4, 0.5) is 0 Å². The van der Waals surface area contributed by atoms with E-state index in [1.165, 1.54) is 32.1 Å². The fourth-order valence-electron chi connectivity index (χ4n) is 2.86. The van der Waals surface area contributed by atoms with Gasteiger partial charge in [-0.1, -0.05) is 19.8 Å². The highest BCUT2D eigenvalue weighted by molar-refractivity contribution is 14.0. The van der Waals surface area contributed by atoms with Gasteiger partial charge in [0.1, 0.15) is 0 Å². The van der Waals surface area contributed by atoms with Crippen molar-refractivity contribution in [3.05, 3.63) is 0 Å². The SMILES string of the molecule is CCNC(=NCC1(CC)CCCC1)NCCCOCC.I. The lowest BCUT2D eigenvalue weighted by Gasteiger charge is -2.25. The predicted molar refractivity (Wildman–Crippen MR) is 102 cm³/mol. The molecule has 2 N–H and O–H groups in total. The van der Waals surface area contributed by atoms with Crippen LogP contribution in [0.2, 0.25) is 0 Å². The number of hydrogen-bond acceptors (Lipinski definition) is 2.